The molecule has 0 bridgehead atoms. The van der Waals surface area contributed by atoms with Gasteiger partial charge in [-0.3, -0.25) is 0 Å². The van der Waals surface area contributed by atoms with Crippen molar-refractivity contribution in [3.8, 4) is 0 Å². The van der Waals surface area contributed by atoms with Crippen LogP contribution in [-0.4, -0.2) is 30.0 Å². The largest absolute Gasteiger partial charge is 0.306 e. The Morgan fingerprint density at radius 2 is 2.21 bits per heavy atom. The summed E-state index contributed by atoms with van der Waals surface area (Å²) in [6, 6.07) is 6.39. The van der Waals surface area contributed by atoms with Gasteiger partial charge in [0.25, 0.3) is 0 Å². The molecule has 2 heterocycles. The highest BCUT2D eigenvalue weighted by atomic mass is 79.9. The average molecular weight is 339 g/mol. The van der Waals surface area contributed by atoms with Gasteiger partial charge in [0.05, 0.1) is 15.2 Å². The highest BCUT2D eigenvalue weighted by Gasteiger charge is 2.37. The van der Waals surface area contributed by atoms with Gasteiger partial charge in [0.2, 0.25) is 0 Å². The minimum absolute atomic E-state index is 0.304. The lowest BCUT2D eigenvalue weighted by atomic mass is 9.74. The maximum Gasteiger partial charge on any atom is 0.0975 e. The third-order valence-corrected chi connectivity index (χ3v) is 5.73. The van der Waals surface area contributed by atoms with Gasteiger partial charge in [-0.2, -0.15) is 0 Å². The van der Waals surface area contributed by atoms with E-state index in [0.29, 0.717) is 11.3 Å². The van der Waals surface area contributed by atoms with Gasteiger partial charge >= 0.3 is 0 Å². The molecule has 0 N–H and O–H groups in total. The molecule has 1 atom stereocenters. The van der Waals surface area contributed by atoms with Gasteiger partial charge in [-0.1, -0.05) is 29.8 Å². The van der Waals surface area contributed by atoms with Crippen LogP contribution in [0, 0.1) is 5.41 Å². The fraction of sp³-hybridized carbons (Fsp3) is 0.533. The molecule has 19 heavy (non-hydrogen) atoms. The molecular formula is C15H19BrN2S. The Morgan fingerprint density at radius 1 is 1.42 bits per heavy atom. The minimum atomic E-state index is 0.304. The zero-order chi connectivity index (χ0) is 13.6. The van der Waals surface area contributed by atoms with Crippen LogP contribution in [-0.2, 0) is 0 Å². The maximum absolute atomic E-state index is 4.89. The monoisotopic (exact) mass is 338 g/mol. The number of thiazole rings is 1. The molecule has 2 aromatic rings. The van der Waals surface area contributed by atoms with Crippen LogP contribution in [0.3, 0.4) is 0 Å². The van der Waals surface area contributed by atoms with Gasteiger partial charge in [-0.15, -0.1) is 11.3 Å². The van der Waals surface area contributed by atoms with Crippen LogP contribution >= 0.6 is 27.3 Å². The van der Waals surface area contributed by atoms with Crippen molar-refractivity contribution in [1.29, 1.82) is 0 Å². The lowest BCUT2D eigenvalue weighted by Gasteiger charge is -2.42. The van der Waals surface area contributed by atoms with Gasteiger partial charge in [0, 0.05) is 16.9 Å². The van der Waals surface area contributed by atoms with Gasteiger partial charge in [-0.25, -0.2) is 4.98 Å². The van der Waals surface area contributed by atoms with E-state index in [9.17, 15) is 0 Å². The predicted molar refractivity (Wildman–Crippen MR) is 86.0 cm³/mol. The van der Waals surface area contributed by atoms with E-state index in [0.717, 1.165) is 16.5 Å². The van der Waals surface area contributed by atoms with Crippen molar-refractivity contribution in [3.63, 3.8) is 0 Å². The Bertz CT molecular complexity index is 605. The number of fused-ring (bicyclic) bond motifs is 1. The Labute approximate surface area is 127 Å². The molecule has 1 aliphatic heterocycles. The predicted octanol–water partition coefficient (Wildman–Crippen LogP) is 4.50. The van der Waals surface area contributed by atoms with Gasteiger partial charge in [0.15, 0.2) is 0 Å². The summed E-state index contributed by atoms with van der Waals surface area (Å²) in [5.74, 6) is 0.583. The summed E-state index contributed by atoms with van der Waals surface area (Å²) in [6.07, 6.45) is 1.21. The standard InChI is InChI=1S/C15H19BrN2S/c1-15(2)9-18(3)7-6-11(15)14-17-12-8-10(16)4-5-13(12)19-14/h4-5,8,11H,6-7,9H2,1-3H3. The Morgan fingerprint density at radius 3 is 2.95 bits per heavy atom. The number of likely N-dealkylation sites (tertiary alicyclic amines) is 1. The summed E-state index contributed by atoms with van der Waals surface area (Å²) in [5.41, 5.74) is 1.43. The van der Waals surface area contributed by atoms with Crippen molar-refractivity contribution in [2.24, 2.45) is 5.41 Å². The molecule has 1 aliphatic rings. The number of rotatable bonds is 1. The number of hydrogen-bond donors (Lipinski definition) is 0. The van der Waals surface area contributed by atoms with E-state index in [1.807, 2.05) is 11.3 Å². The highest BCUT2D eigenvalue weighted by Crippen LogP contribution is 2.44. The molecule has 1 saturated heterocycles. The second kappa shape index (κ2) is 4.83. The minimum Gasteiger partial charge on any atom is -0.306 e. The van der Waals surface area contributed by atoms with Crippen LogP contribution in [0.4, 0.5) is 0 Å². The smallest absolute Gasteiger partial charge is 0.0975 e. The normalized spacial score (nSPS) is 23.9. The zero-order valence-electron chi connectivity index (χ0n) is 11.6. The summed E-state index contributed by atoms with van der Waals surface area (Å²) in [4.78, 5) is 7.32. The van der Waals surface area contributed by atoms with Crippen molar-refractivity contribution in [1.82, 2.24) is 9.88 Å². The van der Waals surface area contributed by atoms with Crippen LogP contribution in [0.5, 0.6) is 0 Å². The molecule has 4 heteroatoms. The van der Waals surface area contributed by atoms with E-state index >= 15 is 0 Å². The van der Waals surface area contributed by atoms with E-state index in [1.54, 1.807) is 0 Å². The number of hydrogen-bond acceptors (Lipinski definition) is 3. The number of nitrogens with zero attached hydrogens (tertiary/aromatic N) is 2. The van der Waals surface area contributed by atoms with Crippen molar-refractivity contribution < 1.29 is 0 Å². The first-order valence-electron chi connectivity index (χ1n) is 6.70. The SMILES string of the molecule is CN1CCC(c2nc3cc(Br)ccc3s2)C(C)(C)C1. The zero-order valence-corrected chi connectivity index (χ0v) is 14.0. The van der Waals surface area contributed by atoms with Crippen LogP contribution < -0.4 is 0 Å². The van der Waals surface area contributed by atoms with Gasteiger partial charge in [0.1, 0.15) is 0 Å². The molecule has 1 aromatic carbocycles. The van der Waals surface area contributed by atoms with Crippen LogP contribution in [0.1, 0.15) is 31.2 Å². The molecule has 102 valence electrons. The van der Waals surface area contributed by atoms with Crippen LogP contribution in [0.15, 0.2) is 22.7 Å². The summed E-state index contributed by atoms with van der Waals surface area (Å²) >= 11 is 5.39. The lowest BCUT2D eigenvalue weighted by molar-refractivity contribution is 0.114. The van der Waals surface area contributed by atoms with E-state index in [4.69, 9.17) is 4.98 Å². The summed E-state index contributed by atoms with van der Waals surface area (Å²) in [7, 11) is 2.22. The Kier molecular flexibility index (Phi) is 3.44. The van der Waals surface area contributed by atoms with Crippen LogP contribution in [0.2, 0.25) is 0 Å². The molecule has 1 unspecified atom stereocenters. The molecule has 1 fully saturated rings. The number of aromatic nitrogens is 1. The third-order valence-electron chi connectivity index (χ3n) is 4.08. The first-order valence-corrected chi connectivity index (χ1v) is 8.31. The van der Waals surface area contributed by atoms with Gasteiger partial charge in [-0.05, 0) is 43.6 Å². The van der Waals surface area contributed by atoms with Crippen molar-refractivity contribution in [2.75, 3.05) is 20.1 Å². The maximum atomic E-state index is 4.89. The van der Waals surface area contributed by atoms with Crippen molar-refractivity contribution >= 4 is 37.5 Å². The topological polar surface area (TPSA) is 16.1 Å². The first-order chi connectivity index (χ1) is 8.95. The van der Waals surface area contributed by atoms with E-state index in [1.165, 1.54) is 22.7 Å². The molecular weight excluding hydrogens is 320 g/mol. The molecule has 0 saturated carbocycles. The lowest BCUT2D eigenvalue weighted by Crippen LogP contribution is -2.42. The van der Waals surface area contributed by atoms with E-state index < -0.39 is 0 Å². The summed E-state index contributed by atoms with van der Waals surface area (Å²) in [6.45, 7) is 7.07. The molecule has 0 radical (unpaired) electrons. The molecule has 2 nitrogen and oxygen atoms in total. The highest BCUT2D eigenvalue weighted by molar-refractivity contribution is 9.10. The van der Waals surface area contributed by atoms with Gasteiger partial charge < -0.3 is 4.90 Å². The molecule has 0 amide bonds. The second-order valence-corrected chi connectivity index (χ2v) is 8.21. The Balaban J connectivity index is 1.99. The first kappa shape index (κ1) is 13.5. The second-order valence-electron chi connectivity index (χ2n) is 6.23. The Hall–Kier alpha value is -0.450. The van der Waals surface area contributed by atoms with Crippen LogP contribution in [0.25, 0.3) is 10.2 Å². The number of piperidine rings is 1. The van der Waals surface area contributed by atoms with E-state index in [2.05, 4.69) is 59.9 Å². The molecule has 1 aromatic heterocycles. The molecule has 3 rings (SSSR count). The van der Waals surface area contributed by atoms with E-state index in [-0.39, 0.29) is 0 Å². The third kappa shape index (κ3) is 2.58. The molecule has 0 spiro atoms. The van der Waals surface area contributed by atoms with Crippen molar-refractivity contribution in [2.45, 2.75) is 26.2 Å². The fourth-order valence-corrected chi connectivity index (χ4v) is 4.79. The summed E-state index contributed by atoms with van der Waals surface area (Å²) in [5, 5.41) is 1.31. The fourth-order valence-electron chi connectivity index (χ4n) is 3.15. The number of halogens is 1. The average Bonchev–Trinajstić information content (AvgIpc) is 2.69. The van der Waals surface area contributed by atoms with Crippen molar-refractivity contribution in [3.05, 3.63) is 27.7 Å². The summed E-state index contributed by atoms with van der Waals surface area (Å²) < 4.78 is 2.41. The molecule has 0 aliphatic carbocycles. The quantitative estimate of drug-likeness (QED) is 0.760. The number of benzene rings is 1.